The topological polar surface area (TPSA) is 3.24 Å². The maximum Gasteiger partial charge on any atom is 0.0713 e. The quantitative estimate of drug-likeness (QED) is 0.140. The van der Waals surface area contributed by atoms with Crippen LogP contribution in [0.5, 0.6) is 0 Å². The molecule has 0 atom stereocenters. The van der Waals surface area contributed by atoms with Crippen molar-refractivity contribution in [2.45, 2.75) is 56.3 Å². The summed E-state index contributed by atoms with van der Waals surface area (Å²) in [6, 6.07) is 88.9. The Hall–Kier alpha value is -8.00. The van der Waals surface area contributed by atoms with Crippen LogP contribution in [0, 0.1) is 0 Å². The first-order valence-corrected chi connectivity index (χ1v) is 25.5. The van der Waals surface area contributed by atoms with Crippen molar-refractivity contribution in [3.63, 3.8) is 0 Å². The molecule has 3 aliphatic rings. The van der Waals surface area contributed by atoms with Crippen molar-refractivity contribution in [2.24, 2.45) is 0 Å². The van der Waals surface area contributed by atoms with Crippen LogP contribution < -0.4 is 15.3 Å². The van der Waals surface area contributed by atoms with E-state index < -0.39 is 5.41 Å². The van der Waals surface area contributed by atoms with Gasteiger partial charge < -0.3 is 4.90 Å². The molecule has 336 valence electrons. The number of anilines is 3. The molecule has 1 saturated carbocycles. The highest BCUT2D eigenvalue weighted by molar-refractivity contribution is 5.98. The van der Waals surface area contributed by atoms with Gasteiger partial charge in [0.05, 0.1) is 16.8 Å². The zero-order valence-corrected chi connectivity index (χ0v) is 39.6. The Kier molecular flexibility index (Phi) is 10.7. The van der Waals surface area contributed by atoms with Gasteiger partial charge in [0, 0.05) is 16.8 Å². The van der Waals surface area contributed by atoms with Gasteiger partial charge in [-0.3, -0.25) is 0 Å². The molecule has 1 fully saturated rings. The van der Waals surface area contributed by atoms with E-state index in [2.05, 4.69) is 248 Å². The predicted molar refractivity (Wildman–Crippen MR) is 295 cm³/mol. The lowest BCUT2D eigenvalue weighted by molar-refractivity contribution is 0.442. The highest BCUT2D eigenvalue weighted by Gasteiger charge is 2.46. The minimum Gasteiger partial charge on any atom is -0.309 e. The SMILES string of the molecule is C1=c2cccc(C3CCCCC3)c2=C(c2ccccc2N(c2ccc(-c3cccc4ccccc34)cc2)c2ccccc2-c2ccc3c(c2)C(c2ccccc2)(c2ccccc2)c2ccccc2-3)CC1. The average molecular weight is 898 g/mol. The Bertz CT molecular complexity index is 3650. The summed E-state index contributed by atoms with van der Waals surface area (Å²) in [5.41, 5.74) is 19.9. The van der Waals surface area contributed by atoms with Gasteiger partial charge in [0.2, 0.25) is 0 Å². The van der Waals surface area contributed by atoms with E-state index in [9.17, 15) is 0 Å². The van der Waals surface area contributed by atoms with E-state index in [0.717, 1.165) is 24.2 Å². The molecule has 13 rings (SSSR count). The van der Waals surface area contributed by atoms with Gasteiger partial charge in [0.1, 0.15) is 0 Å². The molecule has 0 N–H and O–H groups in total. The van der Waals surface area contributed by atoms with E-state index in [1.807, 2.05) is 0 Å². The highest BCUT2D eigenvalue weighted by atomic mass is 15.1. The molecule has 1 nitrogen and oxygen atoms in total. The van der Waals surface area contributed by atoms with Crippen molar-refractivity contribution in [3.8, 4) is 33.4 Å². The molecule has 3 aliphatic carbocycles. The fraction of sp³-hybridized carbons (Fsp3) is 0.130. The van der Waals surface area contributed by atoms with Crippen molar-refractivity contribution in [2.75, 3.05) is 4.90 Å². The van der Waals surface area contributed by atoms with E-state index >= 15 is 0 Å². The van der Waals surface area contributed by atoms with Crippen LogP contribution in [0.2, 0.25) is 0 Å². The van der Waals surface area contributed by atoms with Crippen molar-refractivity contribution in [3.05, 3.63) is 280 Å². The lowest BCUT2D eigenvalue weighted by Crippen LogP contribution is -2.35. The molecular formula is C69H55N. The minimum atomic E-state index is -0.499. The van der Waals surface area contributed by atoms with Gasteiger partial charge in [-0.15, -0.1) is 0 Å². The summed E-state index contributed by atoms with van der Waals surface area (Å²) in [5.74, 6) is 0.598. The van der Waals surface area contributed by atoms with Crippen LogP contribution in [0.3, 0.4) is 0 Å². The second-order valence-electron chi connectivity index (χ2n) is 19.6. The molecule has 1 heteroatoms. The van der Waals surface area contributed by atoms with Gasteiger partial charge in [-0.2, -0.15) is 0 Å². The van der Waals surface area contributed by atoms with Crippen LogP contribution in [0.25, 0.3) is 55.8 Å². The molecule has 0 bridgehead atoms. The molecule has 0 spiro atoms. The van der Waals surface area contributed by atoms with Gasteiger partial charge in [-0.25, -0.2) is 0 Å². The highest BCUT2D eigenvalue weighted by Crippen LogP contribution is 2.57. The zero-order valence-electron chi connectivity index (χ0n) is 39.6. The zero-order chi connectivity index (χ0) is 46.4. The van der Waals surface area contributed by atoms with Crippen molar-refractivity contribution in [1.29, 1.82) is 0 Å². The van der Waals surface area contributed by atoms with Crippen LogP contribution in [-0.4, -0.2) is 0 Å². The molecule has 0 aromatic heterocycles. The van der Waals surface area contributed by atoms with Crippen LogP contribution in [0.1, 0.15) is 84.2 Å². The summed E-state index contributed by atoms with van der Waals surface area (Å²) in [6.45, 7) is 0. The molecule has 0 heterocycles. The number of hydrogen-bond donors (Lipinski definition) is 0. The van der Waals surface area contributed by atoms with Crippen LogP contribution in [-0.2, 0) is 5.41 Å². The van der Waals surface area contributed by atoms with Crippen LogP contribution in [0.15, 0.2) is 237 Å². The summed E-state index contributed by atoms with van der Waals surface area (Å²) in [7, 11) is 0. The van der Waals surface area contributed by atoms with Gasteiger partial charge in [0.25, 0.3) is 0 Å². The smallest absolute Gasteiger partial charge is 0.0713 e. The van der Waals surface area contributed by atoms with E-state index in [1.165, 1.54) is 126 Å². The molecule has 0 radical (unpaired) electrons. The maximum absolute atomic E-state index is 2.56. The summed E-state index contributed by atoms with van der Waals surface area (Å²) in [4.78, 5) is 2.56. The predicted octanol–water partition coefficient (Wildman–Crippen LogP) is 16.8. The summed E-state index contributed by atoms with van der Waals surface area (Å²) in [5, 5.41) is 5.39. The average Bonchev–Trinajstić information content (AvgIpc) is 3.74. The Morgan fingerprint density at radius 3 is 1.77 bits per heavy atom. The Labute approximate surface area is 412 Å². The number of para-hydroxylation sites is 2. The van der Waals surface area contributed by atoms with E-state index in [4.69, 9.17) is 0 Å². The number of fused-ring (bicyclic) bond motifs is 5. The number of rotatable bonds is 9. The third-order valence-electron chi connectivity index (χ3n) is 15.8. The summed E-state index contributed by atoms with van der Waals surface area (Å²) < 4.78 is 0. The van der Waals surface area contributed by atoms with E-state index in [-0.39, 0.29) is 0 Å². The lowest BCUT2D eigenvalue weighted by Gasteiger charge is -2.34. The third-order valence-corrected chi connectivity index (χ3v) is 15.8. The number of benzene rings is 10. The van der Waals surface area contributed by atoms with Gasteiger partial charge in [0.15, 0.2) is 0 Å². The minimum absolute atomic E-state index is 0.499. The second kappa shape index (κ2) is 17.8. The molecule has 0 saturated heterocycles. The molecule has 10 aromatic carbocycles. The fourth-order valence-corrected chi connectivity index (χ4v) is 12.8. The van der Waals surface area contributed by atoms with Crippen molar-refractivity contribution < 1.29 is 0 Å². The van der Waals surface area contributed by atoms with E-state index in [0.29, 0.717) is 5.92 Å². The van der Waals surface area contributed by atoms with Gasteiger partial charge in [-0.05, 0) is 144 Å². The summed E-state index contributed by atoms with van der Waals surface area (Å²) in [6.07, 6.45) is 11.1. The first-order chi connectivity index (χ1) is 34.8. The maximum atomic E-state index is 2.56. The van der Waals surface area contributed by atoms with Gasteiger partial charge >= 0.3 is 0 Å². The molecule has 70 heavy (non-hydrogen) atoms. The van der Waals surface area contributed by atoms with Crippen molar-refractivity contribution >= 4 is 39.5 Å². The number of nitrogens with zero attached hydrogens (tertiary/aromatic N) is 1. The largest absolute Gasteiger partial charge is 0.309 e. The van der Waals surface area contributed by atoms with Gasteiger partial charge in [-0.1, -0.05) is 232 Å². The molecule has 0 amide bonds. The summed E-state index contributed by atoms with van der Waals surface area (Å²) >= 11 is 0. The molecular weight excluding hydrogens is 843 g/mol. The second-order valence-corrected chi connectivity index (χ2v) is 19.6. The first kappa shape index (κ1) is 42.1. The molecule has 10 aromatic rings. The normalized spacial score (nSPS) is 14.9. The standard InChI is InChI=1S/C69H55N/c1-4-21-49(22-5-1)59-36-19-25-51-26-20-37-63(68(51)59)62-34-14-17-40-67(62)70(55-44-41-50(42-45-55)57-35-18-24-48-23-10-11-31-56(48)57)66-39-16-13-32-58(66)52-43-46-61-60-33-12-15-38-64(60)69(65(61)47-52,53-27-6-2-7-28-53)54-29-8-3-9-30-54/h2-3,6-19,23-36,38-47,49H,1,4-5,20-22,37H2. The first-order valence-electron chi connectivity index (χ1n) is 25.5. The molecule has 0 unspecified atom stereocenters. The molecule has 0 aliphatic heterocycles. The van der Waals surface area contributed by atoms with Crippen LogP contribution >= 0.6 is 0 Å². The number of hydrogen-bond acceptors (Lipinski definition) is 1. The van der Waals surface area contributed by atoms with Crippen molar-refractivity contribution in [1.82, 2.24) is 0 Å². The van der Waals surface area contributed by atoms with Crippen LogP contribution in [0.4, 0.5) is 17.1 Å². The monoisotopic (exact) mass is 897 g/mol. The Morgan fingerprint density at radius 2 is 1.00 bits per heavy atom. The third kappa shape index (κ3) is 6.98. The van der Waals surface area contributed by atoms with E-state index in [1.54, 1.807) is 5.56 Å². The fourth-order valence-electron chi connectivity index (χ4n) is 12.8. The Morgan fingerprint density at radius 1 is 0.414 bits per heavy atom. The Balaban J connectivity index is 1.04. The lowest BCUT2D eigenvalue weighted by atomic mass is 9.67.